The van der Waals surface area contributed by atoms with E-state index >= 15 is 0 Å². The quantitative estimate of drug-likeness (QED) is 0.661. The summed E-state index contributed by atoms with van der Waals surface area (Å²) in [6.45, 7) is 2.96. The highest BCUT2D eigenvalue weighted by Crippen LogP contribution is 2.05. The van der Waals surface area contributed by atoms with Gasteiger partial charge in [0.2, 0.25) is 0 Å². The van der Waals surface area contributed by atoms with E-state index in [1.807, 2.05) is 6.92 Å². The molecule has 1 aliphatic heterocycles. The average molecular weight is 186 g/mol. The lowest BCUT2D eigenvalue weighted by molar-refractivity contribution is -0.138. The van der Waals surface area contributed by atoms with Crippen molar-refractivity contribution >= 4 is 12.0 Å². The molecule has 1 rings (SSSR count). The van der Waals surface area contributed by atoms with Crippen molar-refractivity contribution in [3.63, 3.8) is 0 Å². The molecular formula is C8H14N2O3. The molecule has 2 N–H and O–H groups in total. The van der Waals surface area contributed by atoms with Crippen LogP contribution in [0.5, 0.6) is 0 Å². The van der Waals surface area contributed by atoms with E-state index in [4.69, 9.17) is 5.11 Å². The Kier molecular flexibility index (Phi) is 3.11. The molecule has 0 spiro atoms. The van der Waals surface area contributed by atoms with Gasteiger partial charge in [-0.25, -0.2) is 9.59 Å². The number of nitrogens with one attached hydrogen (secondary N) is 1. The second-order valence-corrected chi connectivity index (χ2v) is 3.14. The van der Waals surface area contributed by atoms with Crippen LogP contribution >= 0.6 is 0 Å². The van der Waals surface area contributed by atoms with E-state index in [0.717, 1.165) is 12.8 Å². The summed E-state index contributed by atoms with van der Waals surface area (Å²) in [6.07, 6.45) is 1.92. The van der Waals surface area contributed by atoms with Gasteiger partial charge in [-0.05, 0) is 6.42 Å². The lowest BCUT2D eigenvalue weighted by Crippen LogP contribution is -2.33. The molecule has 0 aromatic heterocycles. The fourth-order valence-electron chi connectivity index (χ4n) is 1.27. The third-order valence-corrected chi connectivity index (χ3v) is 2.07. The summed E-state index contributed by atoms with van der Waals surface area (Å²) < 4.78 is 0. The number of urea groups is 1. The number of rotatable bonds is 4. The molecule has 0 aliphatic carbocycles. The Hall–Kier alpha value is -1.26. The predicted octanol–water partition coefficient (Wildman–Crippen LogP) is 0.265. The molecule has 74 valence electrons. The lowest BCUT2D eigenvalue weighted by Gasteiger charge is -2.12. The summed E-state index contributed by atoms with van der Waals surface area (Å²) >= 11 is 0. The van der Waals surface area contributed by atoms with Crippen LogP contribution in [0.3, 0.4) is 0 Å². The standard InChI is InChI=1S/C8H14N2O3/c1-2-3-4-10-5-6(7(11)12)9-8(10)13/h6H,2-5H2,1H3,(H,9,13)(H,11,12)/t6-/m0/s1. The topological polar surface area (TPSA) is 69.6 Å². The highest BCUT2D eigenvalue weighted by Gasteiger charge is 2.32. The predicted molar refractivity (Wildman–Crippen MR) is 46.4 cm³/mol. The Balaban J connectivity index is 2.42. The Morgan fingerprint density at radius 3 is 2.92 bits per heavy atom. The summed E-state index contributed by atoms with van der Waals surface area (Å²) in [4.78, 5) is 23.2. The highest BCUT2D eigenvalue weighted by molar-refractivity contribution is 5.86. The number of carboxylic acids is 1. The summed E-state index contributed by atoms with van der Waals surface area (Å²) in [6, 6.07) is -0.995. The largest absolute Gasteiger partial charge is 0.480 e. The zero-order valence-corrected chi connectivity index (χ0v) is 7.62. The molecule has 5 heteroatoms. The van der Waals surface area contributed by atoms with Crippen molar-refractivity contribution < 1.29 is 14.7 Å². The molecule has 0 aromatic rings. The summed E-state index contributed by atoms with van der Waals surface area (Å²) in [5.74, 6) is -0.965. The maximum Gasteiger partial charge on any atom is 0.328 e. The van der Waals surface area contributed by atoms with E-state index in [1.54, 1.807) is 4.90 Å². The van der Waals surface area contributed by atoms with Crippen molar-refractivity contribution in [2.45, 2.75) is 25.8 Å². The lowest BCUT2D eigenvalue weighted by atomic mass is 10.3. The van der Waals surface area contributed by atoms with Gasteiger partial charge in [-0.2, -0.15) is 0 Å². The van der Waals surface area contributed by atoms with Crippen molar-refractivity contribution in [3.8, 4) is 0 Å². The van der Waals surface area contributed by atoms with Crippen molar-refractivity contribution in [1.29, 1.82) is 0 Å². The molecule has 1 fully saturated rings. The molecule has 0 unspecified atom stereocenters. The highest BCUT2D eigenvalue weighted by atomic mass is 16.4. The zero-order valence-electron chi connectivity index (χ0n) is 7.62. The van der Waals surface area contributed by atoms with Crippen molar-refractivity contribution in [2.24, 2.45) is 0 Å². The van der Waals surface area contributed by atoms with Crippen LogP contribution in [0.2, 0.25) is 0 Å². The van der Waals surface area contributed by atoms with Crippen LogP contribution in [0.25, 0.3) is 0 Å². The van der Waals surface area contributed by atoms with Gasteiger partial charge in [0.25, 0.3) is 0 Å². The van der Waals surface area contributed by atoms with Gasteiger partial charge in [-0.1, -0.05) is 13.3 Å². The Labute approximate surface area is 76.7 Å². The SMILES string of the molecule is CCCCN1C[C@@H](C(=O)O)NC1=O. The first-order valence-electron chi connectivity index (χ1n) is 4.43. The molecule has 1 aliphatic rings. The maximum atomic E-state index is 11.1. The maximum absolute atomic E-state index is 11.1. The first kappa shape index (κ1) is 9.83. The monoisotopic (exact) mass is 186 g/mol. The first-order valence-corrected chi connectivity index (χ1v) is 4.43. The molecule has 0 aromatic carbocycles. The van der Waals surface area contributed by atoms with Gasteiger partial charge in [0.05, 0.1) is 6.54 Å². The number of carbonyl (C=O) groups is 2. The van der Waals surface area contributed by atoms with Crippen LogP contribution < -0.4 is 5.32 Å². The summed E-state index contributed by atoms with van der Waals surface area (Å²) in [5, 5.41) is 11.0. The Bertz CT molecular complexity index is 217. The summed E-state index contributed by atoms with van der Waals surface area (Å²) in [7, 11) is 0. The minimum absolute atomic E-state index is 0.263. The second kappa shape index (κ2) is 4.11. The van der Waals surface area contributed by atoms with Gasteiger partial charge < -0.3 is 15.3 Å². The fourth-order valence-corrected chi connectivity index (χ4v) is 1.27. The van der Waals surface area contributed by atoms with Gasteiger partial charge in [-0.3, -0.25) is 0 Å². The second-order valence-electron chi connectivity index (χ2n) is 3.14. The van der Waals surface area contributed by atoms with Gasteiger partial charge in [0.15, 0.2) is 0 Å². The van der Waals surface area contributed by atoms with E-state index < -0.39 is 12.0 Å². The minimum atomic E-state index is -0.965. The number of amides is 2. The van der Waals surface area contributed by atoms with Crippen LogP contribution in [0.1, 0.15) is 19.8 Å². The molecule has 0 radical (unpaired) electrons. The van der Waals surface area contributed by atoms with Gasteiger partial charge >= 0.3 is 12.0 Å². The van der Waals surface area contributed by atoms with Crippen LogP contribution in [-0.4, -0.2) is 41.1 Å². The van der Waals surface area contributed by atoms with E-state index in [-0.39, 0.29) is 12.6 Å². The van der Waals surface area contributed by atoms with Crippen LogP contribution in [0.4, 0.5) is 4.79 Å². The van der Waals surface area contributed by atoms with Gasteiger partial charge in [0.1, 0.15) is 6.04 Å². The van der Waals surface area contributed by atoms with Crippen molar-refractivity contribution in [3.05, 3.63) is 0 Å². The molecular weight excluding hydrogens is 172 g/mol. The molecule has 0 saturated carbocycles. The molecule has 1 atom stereocenters. The number of aliphatic carboxylic acids is 1. The number of unbranched alkanes of at least 4 members (excludes halogenated alkanes) is 1. The molecule has 2 amide bonds. The van der Waals surface area contributed by atoms with Crippen molar-refractivity contribution in [2.75, 3.05) is 13.1 Å². The Morgan fingerprint density at radius 1 is 1.77 bits per heavy atom. The smallest absolute Gasteiger partial charge is 0.328 e. The average Bonchev–Trinajstić information content (AvgIpc) is 2.44. The Morgan fingerprint density at radius 2 is 2.46 bits per heavy atom. The van der Waals surface area contributed by atoms with E-state index in [0.29, 0.717) is 6.54 Å². The molecule has 13 heavy (non-hydrogen) atoms. The number of hydrogen-bond donors (Lipinski definition) is 2. The number of carbonyl (C=O) groups excluding carboxylic acids is 1. The van der Waals surface area contributed by atoms with Crippen molar-refractivity contribution in [1.82, 2.24) is 10.2 Å². The van der Waals surface area contributed by atoms with Gasteiger partial charge in [0, 0.05) is 6.54 Å². The first-order chi connectivity index (χ1) is 6.15. The third-order valence-electron chi connectivity index (χ3n) is 2.07. The molecule has 1 heterocycles. The molecule has 1 saturated heterocycles. The molecule has 5 nitrogen and oxygen atoms in total. The summed E-state index contributed by atoms with van der Waals surface area (Å²) in [5.41, 5.74) is 0. The number of nitrogens with zero attached hydrogens (tertiary/aromatic N) is 1. The van der Waals surface area contributed by atoms with Crippen LogP contribution in [0, 0.1) is 0 Å². The minimum Gasteiger partial charge on any atom is -0.480 e. The normalized spacial score (nSPS) is 21.8. The van der Waals surface area contributed by atoms with E-state index in [9.17, 15) is 9.59 Å². The number of carboxylic acid groups (broad SMARTS) is 1. The van der Waals surface area contributed by atoms with Gasteiger partial charge in [-0.15, -0.1) is 0 Å². The molecule has 0 bridgehead atoms. The van der Waals surface area contributed by atoms with Crippen LogP contribution in [0.15, 0.2) is 0 Å². The third kappa shape index (κ3) is 2.34. The van der Waals surface area contributed by atoms with Crippen LogP contribution in [-0.2, 0) is 4.79 Å². The van der Waals surface area contributed by atoms with E-state index in [1.165, 1.54) is 0 Å². The fraction of sp³-hybridized carbons (Fsp3) is 0.750. The zero-order chi connectivity index (χ0) is 9.84. The number of hydrogen-bond acceptors (Lipinski definition) is 2. The van der Waals surface area contributed by atoms with E-state index in [2.05, 4.69) is 5.32 Å².